The number of amidine groups is 1. The monoisotopic (exact) mass is 350 g/mol. The van der Waals surface area contributed by atoms with Gasteiger partial charge in [-0.3, -0.25) is 5.32 Å². The Morgan fingerprint density at radius 2 is 1.92 bits per heavy atom. The van der Waals surface area contributed by atoms with Crippen molar-refractivity contribution < 1.29 is 4.42 Å². The van der Waals surface area contributed by atoms with E-state index >= 15 is 0 Å². The molecule has 2 aromatic carbocycles. The fourth-order valence-corrected chi connectivity index (χ4v) is 2.79. The van der Waals surface area contributed by atoms with Crippen molar-refractivity contribution in [2.45, 2.75) is 20.8 Å². The summed E-state index contributed by atoms with van der Waals surface area (Å²) >= 11 is 1.38. The number of nitriles is 1. The van der Waals surface area contributed by atoms with Crippen molar-refractivity contribution in [1.82, 2.24) is 10.3 Å². The molecule has 5 nitrogen and oxygen atoms in total. The average Bonchev–Trinajstić information content (AvgIpc) is 2.99. The zero-order chi connectivity index (χ0) is 18.0. The number of aliphatic imine (C=N–C) groups is 1. The van der Waals surface area contributed by atoms with Gasteiger partial charge < -0.3 is 4.42 Å². The van der Waals surface area contributed by atoms with E-state index in [-0.39, 0.29) is 0 Å². The Morgan fingerprint density at radius 1 is 1.16 bits per heavy atom. The van der Waals surface area contributed by atoms with E-state index in [4.69, 9.17) is 9.68 Å². The van der Waals surface area contributed by atoms with Gasteiger partial charge in [-0.25, -0.2) is 9.98 Å². The minimum atomic E-state index is 0.548. The summed E-state index contributed by atoms with van der Waals surface area (Å²) in [6.45, 7) is 6.10. The van der Waals surface area contributed by atoms with Crippen molar-refractivity contribution in [1.29, 1.82) is 5.26 Å². The third kappa shape index (κ3) is 3.52. The van der Waals surface area contributed by atoms with E-state index in [1.54, 1.807) is 0 Å². The lowest BCUT2D eigenvalue weighted by Gasteiger charge is -2.05. The number of nitrogens with one attached hydrogen (secondary N) is 1. The molecule has 126 valence electrons. The standard InChI is InChI=1S/C19H18N4OS/c1-11-5-6-14(9-15(11)23-19(25-4)21-10-20)18-22-16-7-12(2)13(3)8-17(16)24-18/h5-9H,1-4H3,(H,21,23). The molecule has 0 unspecified atom stereocenters. The van der Waals surface area contributed by atoms with Gasteiger partial charge in [-0.1, -0.05) is 17.8 Å². The van der Waals surface area contributed by atoms with Crippen LogP contribution in [0.25, 0.3) is 22.6 Å². The minimum Gasteiger partial charge on any atom is -0.436 e. The molecule has 0 aliphatic carbocycles. The maximum Gasteiger partial charge on any atom is 0.227 e. The molecule has 1 N–H and O–H groups in total. The fourth-order valence-electron chi connectivity index (χ4n) is 2.45. The summed E-state index contributed by atoms with van der Waals surface area (Å²) in [5.74, 6) is 0.565. The second kappa shape index (κ2) is 6.99. The van der Waals surface area contributed by atoms with Crippen LogP contribution in [0.2, 0.25) is 0 Å². The highest BCUT2D eigenvalue weighted by atomic mass is 32.2. The van der Waals surface area contributed by atoms with Gasteiger partial charge in [-0.2, -0.15) is 5.26 Å². The maximum atomic E-state index is 8.79. The topological polar surface area (TPSA) is 74.2 Å². The maximum absolute atomic E-state index is 8.79. The fraction of sp³-hybridized carbons (Fsp3) is 0.211. The second-order valence-electron chi connectivity index (χ2n) is 5.78. The number of nitrogens with zero attached hydrogens (tertiary/aromatic N) is 3. The number of hydrogen-bond acceptors (Lipinski definition) is 5. The van der Waals surface area contributed by atoms with E-state index in [0.29, 0.717) is 11.1 Å². The zero-order valence-electron chi connectivity index (χ0n) is 14.5. The van der Waals surface area contributed by atoms with E-state index in [0.717, 1.165) is 27.9 Å². The summed E-state index contributed by atoms with van der Waals surface area (Å²) in [7, 11) is 0. The van der Waals surface area contributed by atoms with E-state index in [9.17, 15) is 0 Å². The minimum absolute atomic E-state index is 0.548. The van der Waals surface area contributed by atoms with Crippen LogP contribution < -0.4 is 5.32 Å². The van der Waals surface area contributed by atoms with Crippen LogP contribution in [-0.2, 0) is 0 Å². The first-order chi connectivity index (χ1) is 12.0. The van der Waals surface area contributed by atoms with Gasteiger partial charge in [0, 0.05) is 5.56 Å². The molecule has 0 atom stereocenters. The Balaban J connectivity index is 2.06. The van der Waals surface area contributed by atoms with Crippen LogP contribution in [0.5, 0.6) is 0 Å². The summed E-state index contributed by atoms with van der Waals surface area (Å²) in [6.07, 6.45) is 3.77. The number of aromatic nitrogens is 1. The van der Waals surface area contributed by atoms with E-state index < -0.39 is 0 Å². The van der Waals surface area contributed by atoms with Crippen molar-refractivity contribution in [2.75, 3.05) is 6.26 Å². The van der Waals surface area contributed by atoms with Gasteiger partial charge in [0.2, 0.25) is 5.89 Å². The highest BCUT2D eigenvalue weighted by molar-refractivity contribution is 8.13. The van der Waals surface area contributed by atoms with Gasteiger partial charge in [-0.15, -0.1) is 0 Å². The summed E-state index contributed by atoms with van der Waals surface area (Å²) in [6, 6.07) is 9.92. The summed E-state index contributed by atoms with van der Waals surface area (Å²) in [5.41, 5.74) is 6.63. The first-order valence-corrected chi connectivity index (χ1v) is 9.01. The largest absolute Gasteiger partial charge is 0.436 e. The van der Waals surface area contributed by atoms with Crippen LogP contribution in [-0.4, -0.2) is 16.4 Å². The molecule has 1 aromatic heterocycles. The van der Waals surface area contributed by atoms with Gasteiger partial charge in [0.1, 0.15) is 5.52 Å². The third-order valence-electron chi connectivity index (χ3n) is 4.04. The van der Waals surface area contributed by atoms with Crippen LogP contribution in [0.4, 0.5) is 5.69 Å². The first kappa shape index (κ1) is 17.1. The van der Waals surface area contributed by atoms with Gasteiger partial charge in [-0.05, 0) is 68.0 Å². The number of fused-ring (bicyclic) bond motifs is 1. The quantitative estimate of drug-likeness (QED) is 0.310. The van der Waals surface area contributed by atoms with Crippen molar-refractivity contribution in [2.24, 2.45) is 4.99 Å². The van der Waals surface area contributed by atoms with Crippen LogP contribution in [0.3, 0.4) is 0 Å². The number of hydrogen-bond donors (Lipinski definition) is 1. The molecule has 0 aliphatic heterocycles. The number of benzene rings is 2. The van der Waals surface area contributed by atoms with Crippen LogP contribution in [0, 0.1) is 32.2 Å². The molecule has 1 heterocycles. The van der Waals surface area contributed by atoms with E-state index in [1.165, 1.54) is 22.9 Å². The number of aryl methyl sites for hydroxylation is 3. The highest BCUT2D eigenvalue weighted by Gasteiger charge is 2.11. The van der Waals surface area contributed by atoms with Crippen LogP contribution >= 0.6 is 11.8 Å². The Hall–Kier alpha value is -2.78. The van der Waals surface area contributed by atoms with Crippen molar-refractivity contribution in [3.8, 4) is 17.6 Å². The molecule has 0 saturated carbocycles. The molecule has 0 amide bonds. The average molecular weight is 350 g/mol. The molecule has 0 bridgehead atoms. The molecule has 0 fully saturated rings. The van der Waals surface area contributed by atoms with Crippen molar-refractivity contribution in [3.05, 3.63) is 47.0 Å². The Labute approximate surface area is 150 Å². The van der Waals surface area contributed by atoms with Crippen molar-refractivity contribution in [3.63, 3.8) is 0 Å². The lowest BCUT2D eigenvalue weighted by atomic mass is 10.1. The highest BCUT2D eigenvalue weighted by Crippen LogP contribution is 2.30. The zero-order valence-corrected chi connectivity index (χ0v) is 15.4. The summed E-state index contributed by atoms with van der Waals surface area (Å²) in [4.78, 5) is 9.11. The van der Waals surface area contributed by atoms with Crippen molar-refractivity contribution >= 4 is 33.7 Å². The predicted octanol–water partition coefficient (Wildman–Crippen LogP) is 4.84. The number of oxazole rings is 1. The summed E-state index contributed by atoms with van der Waals surface area (Å²) < 4.78 is 5.93. The summed E-state index contributed by atoms with van der Waals surface area (Å²) in [5, 5.41) is 11.9. The number of rotatable bonds is 2. The van der Waals surface area contributed by atoms with Gasteiger partial charge >= 0.3 is 0 Å². The third-order valence-corrected chi connectivity index (χ3v) is 4.62. The Morgan fingerprint density at radius 3 is 2.64 bits per heavy atom. The molecule has 6 heteroatoms. The smallest absolute Gasteiger partial charge is 0.227 e. The molecular formula is C19H18N4OS. The first-order valence-electron chi connectivity index (χ1n) is 7.78. The van der Waals surface area contributed by atoms with Gasteiger partial charge in [0.15, 0.2) is 16.9 Å². The lowest BCUT2D eigenvalue weighted by Crippen LogP contribution is -2.12. The molecule has 0 radical (unpaired) electrons. The predicted molar refractivity (Wildman–Crippen MR) is 103 cm³/mol. The van der Waals surface area contributed by atoms with Crippen LogP contribution in [0.15, 0.2) is 39.7 Å². The SMILES string of the molecule is CSC(=Nc1cc(-c2nc3cc(C)c(C)cc3o2)ccc1C)NC#N. The van der Waals surface area contributed by atoms with E-state index in [1.807, 2.05) is 49.7 Å². The molecular weight excluding hydrogens is 332 g/mol. The molecule has 3 rings (SSSR count). The second-order valence-corrected chi connectivity index (χ2v) is 6.58. The van der Waals surface area contributed by atoms with Gasteiger partial charge in [0.25, 0.3) is 0 Å². The molecule has 25 heavy (non-hydrogen) atoms. The Kier molecular flexibility index (Phi) is 4.77. The van der Waals surface area contributed by atoms with Crippen LogP contribution in [0.1, 0.15) is 16.7 Å². The molecule has 3 aromatic rings. The Bertz CT molecular complexity index is 975. The number of thioether (sulfide) groups is 1. The molecule has 0 aliphatic rings. The van der Waals surface area contributed by atoms with E-state index in [2.05, 4.69) is 29.1 Å². The lowest BCUT2D eigenvalue weighted by molar-refractivity contribution is 0.619. The molecule has 0 spiro atoms. The molecule has 0 saturated heterocycles. The normalized spacial score (nSPS) is 11.6. The van der Waals surface area contributed by atoms with Gasteiger partial charge in [0.05, 0.1) is 5.69 Å².